The van der Waals surface area contributed by atoms with Crippen LogP contribution < -0.4 is 5.56 Å². The third kappa shape index (κ3) is 4.24. The van der Waals surface area contributed by atoms with E-state index in [1.165, 1.54) is 0 Å². The predicted molar refractivity (Wildman–Crippen MR) is 91.6 cm³/mol. The molecule has 1 atom stereocenters. The monoisotopic (exact) mass is 343 g/mol. The van der Waals surface area contributed by atoms with Crippen molar-refractivity contribution in [1.82, 2.24) is 9.97 Å². The average molecular weight is 343 g/mol. The van der Waals surface area contributed by atoms with Crippen LogP contribution in [0.5, 0.6) is 0 Å². The van der Waals surface area contributed by atoms with Gasteiger partial charge in [-0.2, -0.15) is 5.26 Å². The molecule has 0 saturated heterocycles. The zero-order valence-electron chi connectivity index (χ0n) is 13.6. The van der Waals surface area contributed by atoms with Crippen molar-refractivity contribution in [2.24, 2.45) is 0 Å². The molecule has 7 heteroatoms. The van der Waals surface area contributed by atoms with Gasteiger partial charge in [0.1, 0.15) is 16.9 Å². The molecule has 0 spiro atoms. The summed E-state index contributed by atoms with van der Waals surface area (Å²) in [6.45, 7) is 5.21. The van der Waals surface area contributed by atoms with E-state index in [0.29, 0.717) is 11.3 Å². The number of nitriles is 1. The molecule has 1 N–H and O–H groups in total. The van der Waals surface area contributed by atoms with E-state index in [0.717, 1.165) is 11.8 Å². The van der Waals surface area contributed by atoms with Crippen molar-refractivity contribution >= 4 is 17.7 Å². The van der Waals surface area contributed by atoms with Crippen LogP contribution in [0.3, 0.4) is 0 Å². The highest BCUT2D eigenvalue weighted by Gasteiger charge is 2.20. The van der Waals surface area contributed by atoms with Gasteiger partial charge in [-0.25, -0.2) is 4.98 Å². The minimum absolute atomic E-state index is 0.0528. The number of thioether (sulfide) groups is 1. The van der Waals surface area contributed by atoms with Crippen LogP contribution in [0.15, 0.2) is 40.3 Å². The van der Waals surface area contributed by atoms with Gasteiger partial charge in [0.25, 0.3) is 5.56 Å². The van der Waals surface area contributed by atoms with E-state index in [1.807, 2.05) is 12.1 Å². The number of H-pyrrole nitrogens is 1. The molecule has 0 aliphatic carbocycles. The van der Waals surface area contributed by atoms with Gasteiger partial charge in [0.15, 0.2) is 5.16 Å². The standard InChI is InChI=1S/C17H17N3O3S/c1-10(2)23-16(22)11(3)24-17-19-14(12-7-5-4-6-8-12)13(9-18)15(21)20-17/h4-8,10-11H,1-3H3,(H,19,20,21)/t11-/m0/s1. The van der Waals surface area contributed by atoms with E-state index in [9.17, 15) is 14.9 Å². The number of hydrogen-bond donors (Lipinski definition) is 1. The number of nitrogens with one attached hydrogen (secondary N) is 1. The number of hydrogen-bond acceptors (Lipinski definition) is 6. The quantitative estimate of drug-likeness (QED) is 0.509. The number of nitrogens with zero attached hydrogens (tertiary/aromatic N) is 2. The fourth-order valence-corrected chi connectivity index (χ4v) is 2.74. The molecule has 0 fully saturated rings. The van der Waals surface area contributed by atoms with Gasteiger partial charge in [0.05, 0.1) is 11.8 Å². The average Bonchev–Trinajstić information content (AvgIpc) is 2.54. The Labute approximate surface area is 143 Å². The van der Waals surface area contributed by atoms with Crippen LogP contribution in [-0.2, 0) is 9.53 Å². The van der Waals surface area contributed by atoms with Gasteiger partial charge in [0.2, 0.25) is 0 Å². The molecule has 0 aliphatic heterocycles. The number of aromatic amines is 1. The minimum atomic E-state index is -0.535. The fourth-order valence-electron chi connectivity index (χ4n) is 1.96. The molecule has 124 valence electrons. The molecular formula is C17H17N3O3S. The van der Waals surface area contributed by atoms with Crippen molar-refractivity contribution in [2.75, 3.05) is 0 Å². The van der Waals surface area contributed by atoms with E-state index in [-0.39, 0.29) is 22.8 Å². The van der Waals surface area contributed by atoms with Gasteiger partial charge in [-0.05, 0) is 20.8 Å². The Morgan fingerprint density at radius 1 is 1.29 bits per heavy atom. The largest absolute Gasteiger partial charge is 0.462 e. The zero-order chi connectivity index (χ0) is 17.7. The molecular weight excluding hydrogens is 326 g/mol. The van der Waals surface area contributed by atoms with E-state index < -0.39 is 10.8 Å². The number of rotatable bonds is 5. The molecule has 24 heavy (non-hydrogen) atoms. The van der Waals surface area contributed by atoms with E-state index in [4.69, 9.17) is 4.74 Å². The fraction of sp³-hybridized carbons (Fsp3) is 0.294. The summed E-state index contributed by atoms with van der Waals surface area (Å²) in [6, 6.07) is 10.9. The maximum atomic E-state index is 12.1. The van der Waals surface area contributed by atoms with E-state index in [2.05, 4.69) is 9.97 Å². The second kappa shape index (κ2) is 7.79. The van der Waals surface area contributed by atoms with Crippen LogP contribution in [0.2, 0.25) is 0 Å². The lowest BCUT2D eigenvalue weighted by atomic mass is 10.1. The minimum Gasteiger partial charge on any atom is -0.462 e. The molecule has 0 radical (unpaired) electrons. The van der Waals surface area contributed by atoms with Crippen molar-refractivity contribution < 1.29 is 9.53 Å². The van der Waals surface area contributed by atoms with Gasteiger partial charge in [-0.3, -0.25) is 9.59 Å². The van der Waals surface area contributed by atoms with E-state index >= 15 is 0 Å². The van der Waals surface area contributed by atoms with Gasteiger partial charge in [-0.1, -0.05) is 42.1 Å². The third-order valence-corrected chi connectivity index (χ3v) is 3.99. The Balaban J connectivity index is 2.37. The lowest BCUT2D eigenvalue weighted by Gasteiger charge is -2.13. The highest BCUT2D eigenvalue weighted by Crippen LogP contribution is 2.24. The van der Waals surface area contributed by atoms with Crippen molar-refractivity contribution in [2.45, 2.75) is 37.3 Å². The molecule has 0 aliphatic rings. The van der Waals surface area contributed by atoms with Crippen LogP contribution in [0, 0.1) is 11.3 Å². The maximum Gasteiger partial charge on any atom is 0.319 e. The Morgan fingerprint density at radius 2 is 1.96 bits per heavy atom. The molecule has 0 saturated carbocycles. The number of aromatic nitrogens is 2. The van der Waals surface area contributed by atoms with Gasteiger partial charge in [-0.15, -0.1) is 0 Å². The van der Waals surface area contributed by atoms with Crippen LogP contribution in [0.4, 0.5) is 0 Å². The molecule has 0 amide bonds. The number of carbonyl (C=O) groups is 1. The SMILES string of the molecule is CC(C)OC(=O)[C@H](C)Sc1nc(-c2ccccc2)c(C#N)c(=O)[nH]1. The summed E-state index contributed by atoms with van der Waals surface area (Å²) in [5.74, 6) is -0.386. The smallest absolute Gasteiger partial charge is 0.319 e. The summed E-state index contributed by atoms with van der Waals surface area (Å²) >= 11 is 1.09. The molecule has 1 heterocycles. The number of ether oxygens (including phenoxy) is 1. The zero-order valence-corrected chi connectivity index (χ0v) is 14.4. The third-order valence-electron chi connectivity index (χ3n) is 3.03. The predicted octanol–water partition coefficient (Wildman–Crippen LogP) is 2.74. The first-order valence-corrected chi connectivity index (χ1v) is 8.27. The Morgan fingerprint density at radius 3 is 2.54 bits per heavy atom. The second-order valence-corrected chi connectivity index (χ2v) is 6.65. The Bertz CT molecular complexity index is 825. The van der Waals surface area contributed by atoms with Crippen LogP contribution in [0.25, 0.3) is 11.3 Å². The lowest BCUT2D eigenvalue weighted by molar-refractivity contribution is -0.146. The lowest BCUT2D eigenvalue weighted by Crippen LogP contribution is -2.22. The molecule has 1 aromatic carbocycles. The van der Waals surface area contributed by atoms with Crippen LogP contribution in [-0.4, -0.2) is 27.3 Å². The molecule has 2 rings (SSSR count). The Hall–Kier alpha value is -2.59. The normalized spacial score (nSPS) is 11.8. The molecule has 0 bridgehead atoms. The summed E-state index contributed by atoms with van der Waals surface area (Å²) in [5.41, 5.74) is 0.384. The highest BCUT2D eigenvalue weighted by atomic mass is 32.2. The van der Waals surface area contributed by atoms with Gasteiger partial charge < -0.3 is 9.72 Å². The number of carbonyl (C=O) groups excluding carboxylic acids is 1. The number of esters is 1. The van der Waals surface area contributed by atoms with E-state index in [1.54, 1.807) is 45.0 Å². The second-order valence-electron chi connectivity index (χ2n) is 5.32. The first-order chi connectivity index (χ1) is 11.4. The molecule has 6 nitrogen and oxygen atoms in total. The summed E-state index contributed by atoms with van der Waals surface area (Å²) in [5, 5.41) is 8.96. The van der Waals surface area contributed by atoms with Crippen LogP contribution >= 0.6 is 11.8 Å². The van der Waals surface area contributed by atoms with Crippen molar-refractivity contribution in [3.05, 3.63) is 46.2 Å². The summed E-state index contributed by atoms with van der Waals surface area (Å²) in [6.07, 6.45) is -0.214. The summed E-state index contributed by atoms with van der Waals surface area (Å²) in [4.78, 5) is 30.9. The maximum absolute atomic E-state index is 12.1. The Kier molecular flexibility index (Phi) is 5.77. The molecule has 0 unspecified atom stereocenters. The topological polar surface area (TPSA) is 95.8 Å². The highest BCUT2D eigenvalue weighted by molar-refractivity contribution is 8.00. The summed E-state index contributed by atoms with van der Waals surface area (Å²) in [7, 11) is 0. The van der Waals surface area contributed by atoms with Crippen molar-refractivity contribution in [1.29, 1.82) is 5.26 Å². The number of benzene rings is 1. The molecule has 2 aromatic rings. The first kappa shape index (κ1) is 17.8. The van der Waals surface area contributed by atoms with Crippen LogP contribution in [0.1, 0.15) is 26.3 Å². The first-order valence-electron chi connectivity index (χ1n) is 7.39. The van der Waals surface area contributed by atoms with Gasteiger partial charge >= 0.3 is 5.97 Å². The van der Waals surface area contributed by atoms with Crippen molar-refractivity contribution in [3.63, 3.8) is 0 Å². The van der Waals surface area contributed by atoms with Crippen molar-refractivity contribution in [3.8, 4) is 17.3 Å². The van der Waals surface area contributed by atoms with Gasteiger partial charge in [0, 0.05) is 5.56 Å². The molecule has 1 aromatic heterocycles. The summed E-state index contributed by atoms with van der Waals surface area (Å²) < 4.78 is 5.14.